The summed E-state index contributed by atoms with van der Waals surface area (Å²) in [5, 5.41) is 9.03. The van der Waals surface area contributed by atoms with Gasteiger partial charge in [0.15, 0.2) is 0 Å². The van der Waals surface area contributed by atoms with Crippen molar-refractivity contribution >= 4 is 17.7 Å². The van der Waals surface area contributed by atoms with Crippen molar-refractivity contribution in [2.45, 2.75) is 32.6 Å². The molecule has 0 saturated heterocycles. The molecule has 1 rings (SSSR count). The topological polar surface area (TPSA) is 37.3 Å². The van der Waals surface area contributed by atoms with Crippen molar-refractivity contribution < 1.29 is 9.90 Å². The van der Waals surface area contributed by atoms with Crippen molar-refractivity contribution in [3.63, 3.8) is 0 Å². The molecule has 0 amide bonds. The van der Waals surface area contributed by atoms with Crippen molar-refractivity contribution in [3.05, 3.63) is 29.3 Å². The molecular weight excluding hydrogens is 220 g/mol. The minimum Gasteiger partial charge on any atom is -0.481 e. The van der Waals surface area contributed by atoms with Gasteiger partial charge in [-0.3, -0.25) is 4.79 Å². The first kappa shape index (κ1) is 13.1. The molecule has 0 aliphatic rings. The van der Waals surface area contributed by atoms with Crippen LogP contribution >= 0.6 is 11.8 Å². The van der Waals surface area contributed by atoms with Crippen LogP contribution in [0, 0.1) is 19.3 Å². The van der Waals surface area contributed by atoms with E-state index in [0.717, 1.165) is 0 Å². The molecule has 16 heavy (non-hydrogen) atoms. The number of rotatable bonds is 4. The zero-order valence-corrected chi connectivity index (χ0v) is 11.0. The molecule has 1 aromatic carbocycles. The van der Waals surface area contributed by atoms with E-state index < -0.39 is 11.4 Å². The zero-order chi connectivity index (χ0) is 12.3. The number of aliphatic carboxylic acids is 1. The highest BCUT2D eigenvalue weighted by molar-refractivity contribution is 7.99. The Morgan fingerprint density at radius 1 is 1.38 bits per heavy atom. The molecule has 0 aliphatic carbocycles. The molecule has 0 bridgehead atoms. The quantitative estimate of drug-likeness (QED) is 0.816. The van der Waals surface area contributed by atoms with Crippen LogP contribution in [0.4, 0.5) is 0 Å². The van der Waals surface area contributed by atoms with E-state index in [0.29, 0.717) is 5.75 Å². The van der Waals surface area contributed by atoms with Crippen LogP contribution in [-0.2, 0) is 4.79 Å². The Balaban J connectivity index is 2.75. The molecule has 0 atom stereocenters. The van der Waals surface area contributed by atoms with E-state index in [-0.39, 0.29) is 0 Å². The summed E-state index contributed by atoms with van der Waals surface area (Å²) in [5.41, 5.74) is 1.74. The second kappa shape index (κ2) is 4.91. The maximum Gasteiger partial charge on any atom is 0.309 e. The summed E-state index contributed by atoms with van der Waals surface area (Å²) < 4.78 is 0. The number of benzene rings is 1. The first-order valence-electron chi connectivity index (χ1n) is 5.26. The van der Waals surface area contributed by atoms with Crippen LogP contribution in [0.3, 0.4) is 0 Å². The van der Waals surface area contributed by atoms with Gasteiger partial charge in [0.2, 0.25) is 0 Å². The Morgan fingerprint density at radius 3 is 2.56 bits per heavy atom. The van der Waals surface area contributed by atoms with Crippen LogP contribution in [-0.4, -0.2) is 16.8 Å². The molecule has 0 aliphatic heterocycles. The van der Waals surface area contributed by atoms with Crippen LogP contribution in [0.15, 0.2) is 23.1 Å². The molecule has 1 N–H and O–H groups in total. The molecule has 0 saturated carbocycles. The summed E-state index contributed by atoms with van der Waals surface area (Å²) in [5.74, 6) is -0.155. The van der Waals surface area contributed by atoms with E-state index in [4.69, 9.17) is 5.11 Å². The molecule has 0 heterocycles. The van der Waals surface area contributed by atoms with Gasteiger partial charge in [-0.25, -0.2) is 0 Å². The fourth-order valence-corrected chi connectivity index (χ4v) is 2.39. The fourth-order valence-electron chi connectivity index (χ4n) is 1.18. The Kier molecular flexibility index (Phi) is 4.03. The molecule has 0 fully saturated rings. The van der Waals surface area contributed by atoms with Crippen LogP contribution < -0.4 is 0 Å². The van der Waals surface area contributed by atoms with Gasteiger partial charge in [0, 0.05) is 10.6 Å². The van der Waals surface area contributed by atoms with Crippen molar-refractivity contribution in [1.29, 1.82) is 0 Å². The van der Waals surface area contributed by atoms with Gasteiger partial charge in [-0.2, -0.15) is 0 Å². The van der Waals surface area contributed by atoms with E-state index in [1.54, 1.807) is 25.6 Å². The van der Waals surface area contributed by atoms with Crippen LogP contribution in [0.1, 0.15) is 25.0 Å². The Labute approximate surface area is 101 Å². The van der Waals surface area contributed by atoms with Crippen molar-refractivity contribution in [2.24, 2.45) is 5.41 Å². The van der Waals surface area contributed by atoms with Crippen LogP contribution in [0.25, 0.3) is 0 Å². The van der Waals surface area contributed by atoms with Crippen LogP contribution in [0.2, 0.25) is 0 Å². The first-order valence-corrected chi connectivity index (χ1v) is 6.25. The maximum atomic E-state index is 11.0. The van der Waals surface area contributed by atoms with Gasteiger partial charge in [-0.1, -0.05) is 17.7 Å². The largest absolute Gasteiger partial charge is 0.481 e. The highest BCUT2D eigenvalue weighted by atomic mass is 32.2. The van der Waals surface area contributed by atoms with Crippen molar-refractivity contribution in [2.75, 3.05) is 5.75 Å². The van der Waals surface area contributed by atoms with Crippen molar-refractivity contribution in [1.82, 2.24) is 0 Å². The Hall–Kier alpha value is -0.960. The fraction of sp³-hybridized carbons (Fsp3) is 0.462. The molecular formula is C13H18O2S. The van der Waals surface area contributed by atoms with Gasteiger partial charge in [0.1, 0.15) is 0 Å². The van der Waals surface area contributed by atoms with Gasteiger partial charge in [-0.15, -0.1) is 11.8 Å². The smallest absolute Gasteiger partial charge is 0.309 e. The number of carboxylic acid groups (broad SMARTS) is 1. The number of aryl methyl sites for hydroxylation is 2. The summed E-state index contributed by atoms with van der Waals surface area (Å²) >= 11 is 1.62. The molecule has 1 aromatic rings. The third-order valence-electron chi connectivity index (χ3n) is 2.51. The van der Waals surface area contributed by atoms with Gasteiger partial charge in [0.05, 0.1) is 5.41 Å². The van der Waals surface area contributed by atoms with E-state index in [9.17, 15) is 4.79 Å². The second-order valence-corrected chi connectivity index (χ2v) is 5.76. The molecule has 0 unspecified atom stereocenters. The van der Waals surface area contributed by atoms with Crippen molar-refractivity contribution in [3.8, 4) is 0 Å². The number of hydrogen-bond acceptors (Lipinski definition) is 2. The van der Waals surface area contributed by atoms with Gasteiger partial charge in [-0.05, 0) is 39.3 Å². The molecule has 0 spiro atoms. The lowest BCUT2D eigenvalue weighted by Gasteiger charge is -2.19. The van der Waals surface area contributed by atoms with E-state index >= 15 is 0 Å². The summed E-state index contributed by atoms with van der Waals surface area (Å²) in [7, 11) is 0. The summed E-state index contributed by atoms with van der Waals surface area (Å²) in [6, 6.07) is 6.26. The van der Waals surface area contributed by atoms with Crippen LogP contribution in [0.5, 0.6) is 0 Å². The molecule has 0 aromatic heterocycles. The number of carbonyl (C=O) groups is 1. The SMILES string of the molecule is Cc1ccc(C)c(SCC(C)(C)C(=O)O)c1. The molecule has 0 radical (unpaired) electrons. The highest BCUT2D eigenvalue weighted by Crippen LogP contribution is 2.30. The standard InChI is InChI=1S/C13H18O2S/c1-9-5-6-10(2)11(7-9)16-8-13(3,4)12(14)15/h5-7H,8H2,1-4H3,(H,14,15). The summed E-state index contributed by atoms with van der Waals surface area (Å²) in [6.45, 7) is 7.61. The summed E-state index contributed by atoms with van der Waals surface area (Å²) in [4.78, 5) is 12.2. The monoisotopic (exact) mass is 238 g/mol. The normalized spacial score (nSPS) is 11.5. The van der Waals surface area contributed by atoms with Gasteiger partial charge < -0.3 is 5.11 Å². The minimum atomic E-state index is -0.745. The number of thioether (sulfide) groups is 1. The Morgan fingerprint density at radius 2 is 2.00 bits per heavy atom. The average Bonchev–Trinajstić information content (AvgIpc) is 2.19. The third kappa shape index (κ3) is 3.27. The lowest BCUT2D eigenvalue weighted by Crippen LogP contribution is -2.26. The predicted octanol–water partition coefficient (Wildman–Crippen LogP) is 3.51. The second-order valence-electron chi connectivity index (χ2n) is 4.75. The number of hydrogen-bond donors (Lipinski definition) is 1. The third-order valence-corrected chi connectivity index (χ3v) is 4.13. The first-order chi connectivity index (χ1) is 7.33. The van der Waals surface area contributed by atoms with E-state index in [2.05, 4.69) is 25.1 Å². The molecule has 88 valence electrons. The lowest BCUT2D eigenvalue weighted by molar-refractivity contribution is -0.145. The predicted molar refractivity (Wildman–Crippen MR) is 68.1 cm³/mol. The Bertz CT molecular complexity index is 397. The maximum absolute atomic E-state index is 11.0. The zero-order valence-electron chi connectivity index (χ0n) is 10.2. The summed E-state index contributed by atoms with van der Waals surface area (Å²) in [6.07, 6.45) is 0. The highest BCUT2D eigenvalue weighted by Gasteiger charge is 2.27. The lowest BCUT2D eigenvalue weighted by atomic mass is 9.97. The average molecular weight is 238 g/mol. The van der Waals surface area contributed by atoms with Gasteiger partial charge >= 0.3 is 5.97 Å². The van der Waals surface area contributed by atoms with E-state index in [1.165, 1.54) is 16.0 Å². The van der Waals surface area contributed by atoms with E-state index in [1.807, 2.05) is 6.92 Å². The number of carboxylic acids is 1. The molecule has 3 heteroatoms. The van der Waals surface area contributed by atoms with Gasteiger partial charge in [0.25, 0.3) is 0 Å². The molecule has 2 nitrogen and oxygen atoms in total. The minimum absolute atomic E-state index is 0.590.